The summed E-state index contributed by atoms with van der Waals surface area (Å²) in [6.07, 6.45) is -0.0378. The van der Waals surface area contributed by atoms with Crippen LogP contribution in [0.4, 0.5) is 9.59 Å². The van der Waals surface area contributed by atoms with Crippen LogP contribution < -0.4 is 10.6 Å². The molecular weight excluding hydrogens is 252 g/mol. The lowest BCUT2D eigenvalue weighted by molar-refractivity contribution is -0.144. The molecule has 2 N–H and O–H groups in total. The Labute approximate surface area is 112 Å². The fraction of sp³-hybridized carbons (Fsp3) is 0.750. The molecule has 0 radical (unpaired) electrons. The molecule has 7 heteroatoms. The van der Waals surface area contributed by atoms with Crippen LogP contribution in [0.2, 0.25) is 0 Å². The van der Waals surface area contributed by atoms with Crippen LogP contribution in [0.25, 0.3) is 0 Å². The molecule has 7 nitrogen and oxygen atoms in total. The number of cyclic esters (lactones) is 2. The van der Waals surface area contributed by atoms with E-state index < -0.39 is 23.8 Å². The molecule has 0 aromatic heterocycles. The molecule has 1 heterocycles. The van der Waals surface area contributed by atoms with E-state index in [1.165, 1.54) is 0 Å². The Bertz CT molecular complexity index is 362. The zero-order valence-electron chi connectivity index (χ0n) is 11.4. The van der Waals surface area contributed by atoms with Gasteiger partial charge in [0.15, 0.2) is 0 Å². The molecule has 0 saturated carbocycles. The van der Waals surface area contributed by atoms with Gasteiger partial charge in [-0.25, -0.2) is 9.59 Å². The van der Waals surface area contributed by atoms with Gasteiger partial charge in [0.05, 0.1) is 5.92 Å². The van der Waals surface area contributed by atoms with Crippen LogP contribution in [0.3, 0.4) is 0 Å². The smallest absolute Gasteiger partial charge is 0.414 e. The van der Waals surface area contributed by atoms with E-state index in [1.807, 2.05) is 0 Å². The first kappa shape index (κ1) is 15.3. The topological polar surface area (TPSA) is 93.7 Å². The fourth-order valence-electron chi connectivity index (χ4n) is 1.57. The maximum atomic E-state index is 11.3. The first-order valence-electron chi connectivity index (χ1n) is 6.24. The first-order chi connectivity index (χ1) is 8.78. The Balaban J connectivity index is 2.16. The van der Waals surface area contributed by atoms with Crippen LogP contribution in [-0.2, 0) is 14.3 Å². The molecule has 1 unspecified atom stereocenters. The summed E-state index contributed by atoms with van der Waals surface area (Å²) in [6, 6.07) is 0. The van der Waals surface area contributed by atoms with Gasteiger partial charge in [-0.3, -0.25) is 4.79 Å². The zero-order valence-corrected chi connectivity index (χ0v) is 11.4. The Morgan fingerprint density at radius 2 is 2.16 bits per heavy atom. The molecule has 19 heavy (non-hydrogen) atoms. The highest BCUT2D eigenvalue weighted by atomic mass is 16.6. The molecule has 0 aromatic carbocycles. The van der Waals surface area contributed by atoms with Crippen LogP contribution in [0.1, 0.15) is 33.6 Å². The van der Waals surface area contributed by atoms with Crippen molar-refractivity contribution in [2.24, 2.45) is 5.92 Å². The summed E-state index contributed by atoms with van der Waals surface area (Å²) < 4.78 is 9.51. The molecular formula is C12H20N2O5. The van der Waals surface area contributed by atoms with Gasteiger partial charge in [-0.05, 0) is 33.6 Å². The molecule has 1 saturated heterocycles. The highest BCUT2D eigenvalue weighted by Gasteiger charge is 2.27. The average molecular weight is 272 g/mol. The number of esters is 1. The van der Waals surface area contributed by atoms with Crippen molar-refractivity contribution in [1.29, 1.82) is 0 Å². The molecule has 1 fully saturated rings. The highest BCUT2D eigenvalue weighted by molar-refractivity contribution is 5.88. The highest BCUT2D eigenvalue weighted by Crippen LogP contribution is 2.11. The minimum absolute atomic E-state index is 0.282. The standard InChI is InChI=1S/C12H20N2O5/c1-12(2,3)19-11(17)13-6-4-5-8-7-14-10(16)18-9(8)15/h8H,4-7H2,1-3H3,(H,13,17)(H,14,16). The Morgan fingerprint density at radius 3 is 2.74 bits per heavy atom. The largest absolute Gasteiger partial charge is 0.444 e. The third-order valence-corrected chi connectivity index (χ3v) is 2.42. The van der Waals surface area contributed by atoms with Crippen LogP contribution in [0.15, 0.2) is 0 Å². The van der Waals surface area contributed by atoms with Crippen LogP contribution in [0, 0.1) is 5.92 Å². The SMILES string of the molecule is CC(C)(C)OC(=O)NCCCC1CNC(=O)OC1=O. The van der Waals surface area contributed by atoms with E-state index in [9.17, 15) is 14.4 Å². The summed E-state index contributed by atoms with van der Waals surface area (Å²) in [7, 11) is 0. The second-order valence-electron chi connectivity index (χ2n) is 5.36. The van der Waals surface area contributed by atoms with E-state index in [-0.39, 0.29) is 12.5 Å². The summed E-state index contributed by atoms with van der Waals surface area (Å²) in [5, 5.41) is 5.05. The lowest BCUT2D eigenvalue weighted by Gasteiger charge is -2.21. The van der Waals surface area contributed by atoms with Gasteiger partial charge in [0.1, 0.15) is 5.60 Å². The van der Waals surface area contributed by atoms with Crippen molar-refractivity contribution >= 4 is 18.2 Å². The van der Waals surface area contributed by atoms with Crippen LogP contribution in [-0.4, -0.2) is 36.8 Å². The van der Waals surface area contributed by atoms with Crippen LogP contribution >= 0.6 is 0 Å². The van der Waals surface area contributed by atoms with E-state index in [0.29, 0.717) is 19.4 Å². The molecule has 2 amide bonds. The van der Waals surface area contributed by atoms with Crippen molar-refractivity contribution in [3.63, 3.8) is 0 Å². The van der Waals surface area contributed by atoms with Crippen molar-refractivity contribution in [2.45, 2.75) is 39.2 Å². The molecule has 1 aliphatic heterocycles. The number of carbonyl (C=O) groups excluding carboxylic acids is 3. The van der Waals surface area contributed by atoms with Crippen molar-refractivity contribution in [3.8, 4) is 0 Å². The quantitative estimate of drug-likeness (QED) is 0.455. The van der Waals surface area contributed by atoms with Gasteiger partial charge in [-0.2, -0.15) is 0 Å². The van der Waals surface area contributed by atoms with E-state index in [1.54, 1.807) is 20.8 Å². The van der Waals surface area contributed by atoms with Crippen LogP contribution in [0.5, 0.6) is 0 Å². The lowest BCUT2D eigenvalue weighted by Crippen LogP contribution is -2.42. The monoisotopic (exact) mass is 272 g/mol. The summed E-state index contributed by atoms with van der Waals surface area (Å²) in [4.78, 5) is 33.4. The van der Waals surface area contributed by atoms with Crippen molar-refractivity contribution in [2.75, 3.05) is 13.1 Å². The third-order valence-electron chi connectivity index (χ3n) is 2.42. The molecule has 1 rings (SSSR count). The van der Waals surface area contributed by atoms with Crippen molar-refractivity contribution in [1.82, 2.24) is 10.6 Å². The number of ether oxygens (including phenoxy) is 2. The molecule has 108 valence electrons. The number of hydrogen-bond acceptors (Lipinski definition) is 5. The van der Waals surface area contributed by atoms with Gasteiger partial charge >= 0.3 is 18.2 Å². The molecule has 1 aliphatic rings. The summed E-state index contributed by atoms with van der Waals surface area (Å²) in [5.41, 5.74) is -0.526. The summed E-state index contributed by atoms with van der Waals surface area (Å²) in [5.74, 6) is -0.862. The third kappa shape index (κ3) is 6.08. The maximum absolute atomic E-state index is 11.3. The Kier molecular flexibility index (Phi) is 5.14. The van der Waals surface area contributed by atoms with Crippen molar-refractivity contribution in [3.05, 3.63) is 0 Å². The predicted octanol–water partition coefficient (Wildman–Crippen LogP) is 1.17. The van der Waals surface area contributed by atoms with Gasteiger partial charge in [-0.15, -0.1) is 0 Å². The van der Waals surface area contributed by atoms with E-state index in [0.717, 1.165) is 0 Å². The van der Waals surface area contributed by atoms with Crippen molar-refractivity contribution < 1.29 is 23.9 Å². The molecule has 0 spiro atoms. The first-order valence-corrected chi connectivity index (χ1v) is 6.24. The van der Waals surface area contributed by atoms with E-state index in [4.69, 9.17) is 4.74 Å². The Morgan fingerprint density at radius 1 is 1.47 bits per heavy atom. The minimum Gasteiger partial charge on any atom is -0.444 e. The van der Waals surface area contributed by atoms with Gasteiger partial charge in [0, 0.05) is 13.1 Å². The zero-order chi connectivity index (χ0) is 14.5. The number of amides is 2. The van der Waals surface area contributed by atoms with E-state index in [2.05, 4.69) is 15.4 Å². The maximum Gasteiger partial charge on any atom is 0.414 e. The lowest BCUT2D eigenvalue weighted by atomic mass is 10.0. The second-order valence-corrected chi connectivity index (χ2v) is 5.36. The number of carbonyl (C=O) groups is 3. The van der Waals surface area contributed by atoms with Gasteiger partial charge < -0.3 is 20.1 Å². The number of rotatable bonds is 4. The van der Waals surface area contributed by atoms with E-state index >= 15 is 0 Å². The van der Waals surface area contributed by atoms with Gasteiger partial charge in [0.25, 0.3) is 0 Å². The average Bonchev–Trinajstić information content (AvgIpc) is 2.24. The summed E-state index contributed by atoms with van der Waals surface area (Å²) in [6.45, 7) is 6.05. The minimum atomic E-state index is -0.701. The molecule has 0 aliphatic carbocycles. The number of alkyl carbamates (subject to hydrolysis) is 2. The second kappa shape index (κ2) is 6.40. The van der Waals surface area contributed by atoms with Gasteiger partial charge in [0.2, 0.25) is 0 Å². The normalized spacial score (nSPS) is 19.4. The fourth-order valence-corrected chi connectivity index (χ4v) is 1.57. The summed E-state index contributed by atoms with van der Waals surface area (Å²) >= 11 is 0. The number of nitrogens with one attached hydrogen (secondary N) is 2. The number of hydrogen-bond donors (Lipinski definition) is 2. The molecule has 0 bridgehead atoms. The van der Waals surface area contributed by atoms with Gasteiger partial charge in [-0.1, -0.05) is 0 Å². The predicted molar refractivity (Wildman–Crippen MR) is 66.5 cm³/mol. The molecule has 0 aromatic rings. The molecule has 1 atom stereocenters. The Hall–Kier alpha value is -1.79.